The second-order valence-corrected chi connectivity index (χ2v) is 5.81. The number of nitrogens with one attached hydrogen (secondary N) is 1. The summed E-state index contributed by atoms with van der Waals surface area (Å²) in [5.41, 5.74) is 0.667. The fourth-order valence-corrected chi connectivity index (χ4v) is 3.07. The monoisotopic (exact) mass is 330 g/mol. The molecule has 1 amide bonds. The number of hydrogen-bond acceptors (Lipinski definition) is 2. The van der Waals surface area contributed by atoms with Crippen LogP contribution in [-0.2, 0) is 0 Å². The van der Waals surface area contributed by atoms with Crippen LogP contribution in [0.15, 0.2) is 22.7 Å². The second kappa shape index (κ2) is 6.04. The van der Waals surface area contributed by atoms with Crippen molar-refractivity contribution < 1.29 is 4.79 Å². The van der Waals surface area contributed by atoms with Crippen LogP contribution in [0.1, 0.15) is 23.2 Å². The van der Waals surface area contributed by atoms with Crippen molar-refractivity contribution in [1.82, 2.24) is 10.2 Å². The van der Waals surface area contributed by atoms with Crippen molar-refractivity contribution in [1.29, 1.82) is 0 Å². The molecule has 0 spiro atoms. The van der Waals surface area contributed by atoms with E-state index in [2.05, 4.69) is 21.2 Å². The number of hydrogen-bond donors (Lipinski definition) is 1. The van der Waals surface area contributed by atoms with Crippen molar-refractivity contribution >= 4 is 33.4 Å². The molecular weight excluding hydrogens is 316 g/mol. The molecule has 0 unspecified atom stereocenters. The highest BCUT2D eigenvalue weighted by Gasteiger charge is 2.23. The predicted octanol–water partition coefficient (Wildman–Crippen LogP) is 2.93. The summed E-state index contributed by atoms with van der Waals surface area (Å²) in [5, 5.41) is 3.93. The summed E-state index contributed by atoms with van der Waals surface area (Å²) in [7, 11) is 1.87. The molecule has 1 aromatic rings. The van der Waals surface area contributed by atoms with E-state index in [1.165, 1.54) is 0 Å². The molecule has 0 radical (unpaired) electrons. The molecule has 98 valence electrons. The molecular formula is C13H16BrClN2O. The lowest BCUT2D eigenvalue weighted by Crippen LogP contribution is -2.44. The summed E-state index contributed by atoms with van der Waals surface area (Å²) in [4.78, 5) is 14.3. The zero-order chi connectivity index (χ0) is 13.1. The SMILES string of the molecule is CN(C(=O)c1ccc(Cl)cc1Br)C1CCNCC1. The van der Waals surface area contributed by atoms with Crippen LogP contribution in [0.5, 0.6) is 0 Å². The quantitative estimate of drug-likeness (QED) is 0.904. The van der Waals surface area contributed by atoms with Crippen LogP contribution in [0.25, 0.3) is 0 Å². The van der Waals surface area contributed by atoms with Crippen LogP contribution in [0, 0.1) is 0 Å². The summed E-state index contributed by atoms with van der Waals surface area (Å²) < 4.78 is 0.751. The van der Waals surface area contributed by atoms with E-state index in [4.69, 9.17) is 11.6 Å². The van der Waals surface area contributed by atoms with Gasteiger partial charge in [0.2, 0.25) is 0 Å². The molecule has 3 nitrogen and oxygen atoms in total. The highest BCUT2D eigenvalue weighted by molar-refractivity contribution is 9.10. The number of carbonyl (C=O) groups is 1. The zero-order valence-electron chi connectivity index (χ0n) is 10.2. The van der Waals surface area contributed by atoms with Crippen molar-refractivity contribution in [3.8, 4) is 0 Å². The van der Waals surface area contributed by atoms with Gasteiger partial charge in [-0.2, -0.15) is 0 Å². The fraction of sp³-hybridized carbons (Fsp3) is 0.462. The summed E-state index contributed by atoms with van der Waals surface area (Å²) in [6.45, 7) is 1.95. The molecule has 2 rings (SSSR count). The van der Waals surface area contributed by atoms with Gasteiger partial charge in [-0.05, 0) is 60.1 Å². The number of carbonyl (C=O) groups excluding carboxylic acids is 1. The molecule has 1 fully saturated rings. The van der Waals surface area contributed by atoms with Crippen molar-refractivity contribution in [2.75, 3.05) is 20.1 Å². The predicted molar refractivity (Wildman–Crippen MR) is 77.1 cm³/mol. The smallest absolute Gasteiger partial charge is 0.254 e. The van der Waals surface area contributed by atoms with E-state index in [9.17, 15) is 4.79 Å². The third-order valence-electron chi connectivity index (χ3n) is 3.34. The van der Waals surface area contributed by atoms with Gasteiger partial charge in [0.15, 0.2) is 0 Å². The van der Waals surface area contributed by atoms with E-state index in [0.717, 1.165) is 30.4 Å². The van der Waals surface area contributed by atoms with Crippen LogP contribution >= 0.6 is 27.5 Å². The Labute approximate surface area is 121 Å². The minimum Gasteiger partial charge on any atom is -0.339 e. The number of benzene rings is 1. The van der Waals surface area contributed by atoms with E-state index < -0.39 is 0 Å². The van der Waals surface area contributed by atoms with Crippen molar-refractivity contribution in [3.05, 3.63) is 33.3 Å². The number of nitrogens with zero attached hydrogens (tertiary/aromatic N) is 1. The van der Waals surface area contributed by atoms with Gasteiger partial charge in [-0.1, -0.05) is 11.6 Å². The van der Waals surface area contributed by atoms with Crippen LogP contribution in [0.2, 0.25) is 5.02 Å². The van der Waals surface area contributed by atoms with E-state index in [-0.39, 0.29) is 5.91 Å². The summed E-state index contributed by atoms with van der Waals surface area (Å²) in [6, 6.07) is 5.59. The maximum Gasteiger partial charge on any atom is 0.254 e. The summed E-state index contributed by atoms with van der Waals surface area (Å²) in [6.07, 6.45) is 2.01. The molecule has 1 heterocycles. The third-order valence-corrected chi connectivity index (χ3v) is 4.23. The second-order valence-electron chi connectivity index (χ2n) is 4.52. The lowest BCUT2D eigenvalue weighted by atomic mass is 10.0. The summed E-state index contributed by atoms with van der Waals surface area (Å²) in [5.74, 6) is 0.0467. The van der Waals surface area contributed by atoms with Crippen LogP contribution in [-0.4, -0.2) is 37.0 Å². The summed E-state index contributed by atoms with van der Waals surface area (Å²) >= 11 is 9.28. The molecule has 18 heavy (non-hydrogen) atoms. The third kappa shape index (κ3) is 3.05. The molecule has 0 atom stereocenters. The first-order chi connectivity index (χ1) is 8.59. The first kappa shape index (κ1) is 13.8. The average molecular weight is 332 g/mol. The fourth-order valence-electron chi connectivity index (χ4n) is 2.21. The number of rotatable bonds is 2. The largest absolute Gasteiger partial charge is 0.339 e. The van der Waals surface area contributed by atoms with Gasteiger partial charge in [0.25, 0.3) is 5.91 Å². The minimum absolute atomic E-state index is 0.0467. The van der Waals surface area contributed by atoms with Gasteiger partial charge in [0, 0.05) is 22.6 Å². The van der Waals surface area contributed by atoms with Gasteiger partial charge in [-0.3, -0.25) is 4.79 Å². The Hall–Kier alpha value is -0.580. The average Bonchev–Trinajstić information content (AvgIpc) is 2.38. The Balaban J connectivity index is 2.14. The molecule has 1 N–H and O–H groups in total. The van der Waals surface area contributed by atoms with Gasteiger partial charge < -0.3 is 10.2 Å². The Morgan fingerprint density at radius 2 is 2.11 bits per heavy atom. The maximum absolute atomic E-state index is 12.4. The number of halogens is 2. The molecule has 0 aromatic heterocycles. The van der Waals surface area contributed by atoms with Gasteiger partial charge in [-0.15, -0.1) is 0 Å². The first-order valence-electron chi connectivity index (χ1n) is 6.02. The Kier molecular flexibility index (Phi) is 4.65. The first-order valence-corrected chi connectivity index (χ1v) is 7.19. The topological polar surface area (TPSA) is 32.3 Å². The van der Waals surface area contributed by atoms with Gasteiger partial charge in [0.1, 0.15) is 0 Å². The molecule has 1 aromatic carbocycles. The van der Waals surface area contributed by atoms with Crippen molar-refractivity contribution in [2.45, 2.75) is 18.9 Å². The van der Waals surface area contributed by atoms with E-state index in [1.807, 2.05) is 11.9 Å². The highest BCUT2D eigenvalue weighted by atomic mass is 79.9. The molecule has 1 saturated heterocycles. The number of amides is 1. The van der Waals surface area contributed by atoms with E-state index in [0.29, 0.717) is 16.6 Å². The standard InChI is InChI=1S/C13H16BrClN2O/c1-17(10-4-6-16-7-5-10)13(18)11-3-2-9(15)8-12(11)14/h2-3,8,10,16H,4-7H2,1H3. The van der Waals surface area contributed by atoms with Crippen LogP contribution < -0.4 is 5.32 Å². The van der Waals surface area contributed by atoms with Crippen molar-refractivity contribution in [3.63, 3.8) is 0 Å². The van der Waals surface area contributed by atoms with Gasteiger partial charge in [0.05, 0.1) is 5.56 Å². The molecule has 5 heteroatoms. The molecule has 0 saturated carbocycles. The molecule has 0 aliphatic carbocycles. The minimum atomic E-state index is 0.0467. The Morgan fingerprint density at radius 1 is 1.44 bits per heavy atom. The lowest BCUT2D eigenvalue weighted by molar-refractivity contribution is 0.0702. The number of piperidine rings is 1. The van der Waals surface area contributed by atoms with Gasteiger partial charge in [-0.25, -0.2) is 0 Å². The Bertz CT molecular complexity index is 447. The lowest BCUT2D eigenvalue weighted by Gasteiger charge is -2.32. The highest BCUT2D eigenvalue weighted by Crippen LogP contribution is 2.24. The molecule has 0 bridgehead atoms. The molecule has 1 aliphatic rings. The van der Waals surface area contributed by atoms with Crippen molar-refractivity contribution in [2.24, 2.45) is 0 Å². The van der Waals surface area contributed by atoms with Crippen LogP contribution in [0.4, 0.5) is 0 Å². The Morgan fingerprint density at radius 3 is 2.72 bits per heavy atom. The van der Waals surface area contributed by atoms with Gasteiger partial charge >= 0.3 is 0 Å². The normalized spacial score (nSPS) is 16.6. The van der Waals surface area contributed by atoms with E-state index >= 15 is 0 Å². The maximum atomic E-state index is 12.4. The molecule has 1 aliphatic heterocycles. The van der Waals surface area contributed by atoms with Crippen LogP contribution in [0.3, 0.4) is 0 Å². The van der Waals surface area contributed by atoms with E-state index in [1.54, 1.807) is 18.2 Å². The zero-order valence-corrected chi connectivity index (χ0v) is 12.6.